The standard InChI is InChI=1S/C25H26F5N5OS/c1-15-11-24(26,27)14-35(23(36)21-22(37-16(2)34-21)18-8-5-6-10-31-18)19(15)13-33-20-9-4-3-7-17(12-32-20)25(28,29)30/h5-10,12,15,19,33H,3-4,11,13-14H2,1-2H3/b17-7-,20-9?,32-12?/t15-,19?/m1/s1. The van der Waals surface area contributed by atoms with E-state index in [-0.39, 0.29) is 24.5 Å². The van der Waals surface area contributed by atoms with Crippen molar-refractivity contribution in [2.75, 3.05) is 13.1 Å². The summed E-state index contributed by atoms with van der Waals surface area (Å²) in [6.07, 6.45) is 0.621. The van der Waals surface area contributed by atoms with Crippen LogP contribution < -0.4 is 5.32 Å². The average molecular weight is 540 g/mol. The first-order valence-corrected chi connectivity index (χ1v) is 12.6. The maximum Gasteiger partial charge on any atom is 0.417 e. The van der Waals surface area contributed by atoms with Crippen LogP contribution in [0.5, 0.6) is 0 Å². The first-order valence-electron chi connectivity index (χ1n) is 11.8. The smallest absolute Gasteiger partial charge is 0.368 e. The number of likely N-dealkylation sites (tertiary alicyclic amines) is 1. The fourth-order valence-electron chi connectivity index (χ4n) is 4.48. The highest BCUT2D eigenvalue weighted by Gasteiger charge is 2.47. The van der Waals surface area contributed by atoms with Crippen LogP contribution >= 0.6 is 11.3 Å². The van der Waals surface area contributed by atoms with Crippen LogP contribution in [0.2, 0.25) is 0 Å². The predicted octanol–water partition coefficient (Wildman–Crippen LogP) is 5.78. The molecule has 0 aromatic carbocycles. The van der Waals surface area contributed by atoms with Crippen molar-refractivity contribution in [3.63, 3.8) is 0 Å². The minimum Gasteiger partial charge on any atom is -0.368 e. The number of aromatic nitrogens is 2. The van der Waals surface area contributed by atoms with Gasteiger partial charge in [0, 0.05) is 25.4 Å². The molecule has 12 heteroatoms. The number of nitrogens with zero attached hydrogens (tertiary/aromatic N) is 4. The van der Waals surface area contributed by atoms with Crippen LogP contribution in [0.1, 0.15) is 41.7 Å². The zero-order valence-corrected chi connectivity index (χ0v) is 21.0. The molecule has 1 amide bonds. The van der Waals surface area contributed by atoms with Crippen LogP contribution in [-0.2, 0) is 0 Å². The number of thiazole rings is 1. The molecule has 37 heavy (non-hydrogen) atoms. The van der Waals surface area contributed by atoms with Crippen molar-refractivity contribution in [3.05, 3.63) is 58.6 Å². The zero-order chi connectivity index (χ0) is 26.8. The highest BCUT2D eigenvalue weighted by atomic mass is 32.1. The minimum absolute atomic E-state index is 0.0409. The number of carbonyl (C=O) groups is 1. The van der Waals surface area contributed by atoms with Crippen molar-refractivity contribution in [2.24, 2.45) is 10.9 Å². The van der Waals surface area contributed by atoms with Gasteiger partial charge in [-0.25, -0.2) is 18.8 Å². The third-order valence-corrected chi connectivity index (χ3v) is 7.20. The first kappa shape index (κ1) is 26.9. The van der Waals surface area contributed by atoms with Gasteiger partial charge >= 0.3 is 6.18 Å². The molecule has 2 aromatic heterocycles. The maximum atomic E-state index is 14.6. The van der Waals surface area contributed by atoms with Gasteiger partial charge in [-0.2, -0.15) is 13.2 Å². The summed E-state index contributed by atoms with van der Waals surface area (Å²) in [5.41, 5.74) is -0.270. The number of hydrogen-bond acceptors (Lipinski definition) is 6. The number of aryl methyl sites for hydroxylation is 1. The number of carbonyl (C=O) groups excluding carboxylic acids is 1. The second-order valence-corrected chi connectivity index (χ2v) is 10.3. The topological polar surface area (TPSA) is 70.5 Å². The Labute approximate surface area is 215 Å². The third-order valence-electron chi connectivity index (χ3n) is 6.21. The molecule has 2 aromatic rings. The summed E-state index contributed by atoms with van der Waals surface area (Å²) in [4.78, 5) is 27.8. The number of hydrogen-bond donors (Lipinski definition) is 1. The fourth-order valence-corrected chi connectivity index (χ4v) is 5.36. The van der Waals surface area contributed by atoms with Gasteiger partial charge < -0.3 is 10.2 Å². The first-order chi connectivity index (χ1) is 17.4. The van der Waals surface area contributed by atoms with Gasteiger partial charge in [0.25, 0.3) is 11.8 Å². The lowest BCUT2D eigenvalue weighted by atomic mass is 9.88. The van der Waals surface area contributed by atoms with Crippen molar-refractivity contribution in [2.45, 2.75) is 51.3 Å². The van der Waals surface area contributed by atoms with Gasteiger partial charge in [0.05, 0.1) is 33.7 Å². The average Bonchev–Trinajstić information content (AvgIpc) is 3.19. The quantitative estimate of drug-likeness (QED) is 0.489. The van der Waals surface area contributed by atoms with Gasteiger partial charge in [-0.15, -0.1) is 11.3 Å². The summed E-state index contributed by atoms with van der Waals surface area (Å²) in [7, 11) is 0. The van der Waals surface area contributed by atoms with E-state index in [4.69, 9.17) is 0 Å². The molecule has 2 aliphatic heterocycles. The van der Waals surface area contributed by atoms with Crippen molar-refractivity contribution in [1.82, 2.24) is 20.2 Å². The van der Waals surface area contributed by atoms with Gasteiger partial charge in [0.1, 0.15) is 11.5 Å². The Morgan fingerprint density at radius 3 is 2.70 bits per heavy atom. The number of rotatable bonds is 5. The molecule has 0 saturated carbocycles. The highest BCUT2D eigenvalue weighted by Crippen LogP contribution is 2.37. The number of nitrogens with one attached hydrogen (secondary N) is 1. The van der Waals surface area contributed by atoms with Crippen molar-refractivity contribution in [3.8, 4) is 10.6 Å². The molecule has 0 aliphatic carbocycles. The summed E-state index contributed by atoms with van der Waals surface area (Å²) in [5.74, 6) is -4.13. The van der Waals surface area contributed by atoms with E-state index in [1.807, 2.05) is 0 Å². The molecule has 2 atom stereocenters. The molecule has 4 heterocycles. The largest absolute Gasteiger partial charge is 0.417 e. The minimum atomic E-state index is -4.52. The van der Waals surface area contributed by atoms with Crippen molar-refractivity contribution < 1.29 is 26.7 Å². The van der Waals surface area contributed by atoms with Crippen molar-refractivity contribution in [1.29, 1.82) is 0 Å². The molecule has 198 valence electrons. The molecule has 0 spiro atoms. The van der Waals surface area contributed by atoms with Gasteiger partial charge in [-0.05, 0) is 43.9 Å². The Morgan fingerprint density at radius 2 is 2.00 bits per heavy atom. The Hall–Kier alpha value is -3.15. The molecular formula is C25H26F5N5OS. The summed E-state index contributed by atoms with van der Waals surface area (Å²) in [6, 6.07) is 4.55. The summed E-state index contributed by atoms with van der Waals surface area (Å²) in [6.45, 7) is 2.61. The lowest BCUT2D eigenvalue weighted by Gasteiger charge is -2.43. The maximum absolute atomic E-state index is 14.6. The SMILES string of the molecule is Cc1nc(C(=O)N2CC(F)(F)C[C@@H](C)C2CNC2=CCC/C=C(\C(F)(F)F)C=N2)c(-c2ccccn2)s1. The highest BCUT2D eigenvalue weighted by molar-refractivity contribution is 7.15. The van der Waals surface area contributed by atoms with E-state index in [0.717, 1.165) is 17.2 Å². The number of alkyl halides is 5. The number of amides is 1. The number of aliphatic imine (C=N–C) groups is 1. The lowest BCUT2D eigenvalue weighted by molar-refractivity contribution is -0.0913. The van der Waals surface area contributed by atoms with Crippen LogP contribution in [0.3, 0.4) is 0 Å². The van der Waals surface area contributed by atoms with Gasteiger partial charge in [0.15, 0.2) is 0 Å². The Kier molecular flexibility index (Phi) is 7.77. The molecular weight excluding hydrogens is 513 g/mol. The number of pyridine rings is 1. The zero-order valence-electron chi connectivity index (χ0n) is 20.2. The summed E-state index contributed by atoms with van der Waals surface area (Å²) >= 11 is 1.25. The summed E-state index contributed by atoms with van der Waals surface area (Å²) in [5, 5.41) is 3.57. The molecule has 4 rings (SSSR count). The molecule has 6 nitrogen and oxygen atoms in total. The van der Waals surface area contributed by atoms with E-state index < -0.39 is 48.5 Å². The molecule has 1 fully saturated rings. The molecule has 1 unspecified atom stereocenters. The van der Waals surface area contributed by atoms with Crippen LogP contribution in [0.25, 0.3) is 10.6 Å². The second kappa shape index (κ2) is 10.7. The lowest BCUT2D eigenvalue weighted by Crippen LogP contribution is -2.58. The molecule has 1 N–H and O–H groups in total. The fraction of sp³-hybridized carbons (Fsp3) is 0.440. The molecule has 0 radical (unpaired) electrons. The van der Waals surface area contributed by atoms with E-state index in [1.165, 1.54) is 11.3 Å². The van der Waals surface area contributed by atoms with Crippen LogP contribution in [0, 0.1) is 12.8 Å². The van der Waals surface area contributed by atoms with E-state index >= 15 is 0 Å². The van der Waals surface area contributed by atoms with Gasteiger partial charge in [0.2, 0.25) is 0 Å². The summed E-state index contributed by atoms with van der Waals surface area (Å²) < 4.78 is 68.6. The van der Waals surface area contributed by atoms with Gasteiger partial charge in [-0.3, -0.25) is 9.78 Å². The van der Waals surface area contributed by atoms with E-state index in [1.54, 1.807) is 44.3 Å². The normalized spacial score (nSPS) is 23.5. The van der Waals surface area contributed by atoms with Crippen LogP contribution in [0.4, 0.5) is 22.0 Å². The monoisotopic (exact) mass is 539 g/mol. The Balaban J connectivity index is 1.59. The molecule has 2 aliphatic rings. The Bertz CT molecular complexity index is 1220. The van der Waals surface area contributed by atoms with Gasteiger partial charge in [-0.1, -0.05) is 19.1 Å². The van der Waals surface area contributed by atoms with Crippen LogP contribution in [0.15, 0.2) is 52.9 Å². The Morgan fingerprint density at radius 1 is 1.24 bits per heavy atom. The second-order valence-electron chi connectivity index (χ2n) is 9.13. The predicted molar refractivity (Wildman–Crippen MR) is 132 cm³/mol. The van der Waals surface area contributed by atoms with Crippen LogP contribution in [-0.4, -0.2) is 58.2 Å². The molecule has 0 bridgehead atoms. The van der Waals surface area contributed by atoms with E-state index in [0.29, 0.717) is 22.0 Å². The van der Waals surface area contributed by atoms with E-state index in [9.17, 15) is 26.7 Å². The van der Waals surface area contributed by atoms with Crippen molar-refractivity contribution >= 4 is 23.5 Å². The number of allylic oxidation sites excluding steroid dienone is 3. The number of piperidine rings is 1. The van der Waals surface area contributed by atoms with E-state index in [2.05, 4.69) is 20.3 Å². The third kappa shape index (κ3) is 6.41. The number of halogens is 5. The molecule has 1 saturated heterocycles.